The third kappa shape index (κ3) is 3.18. The number of rotatable bonds is 4. The van der Waals surface area contributed by atoms with Gasteiger partial charge in [-0.05, 0) is 18.4 Å². The third-order valence-corrected chi connectivity index (χ3v) is 2.17. The molecule has 0 unspecified atom stereocenters. The van der Waals surface area contributed by atoms with Crippen LogP contribution in [0.25, 0.3) is 0 Å². The van der Waals surface area contributed by atoms with Crippen molar-refractivity contribution in [1.82, 2.24) is 10.3 Å². The number of nitrogens with two attached hydrogens (primary N) is 1. The van der Waals surface area contributed by atoms with E-state index in [1.165, 1.54) is 12.3 Å². The lowest BCUT2D eigenvalue weighted by Gasteiger charge is -2.08. The van der Waals surface area contributed by atoms with Crippen LogP contribution in [0.3, 0.4) is 0 Å². The number of nitrogens with zero attached hydrogens (tertiary/aromatic N) is 1. The van der Waals surface area contributed by atoms with Crippen LogP contribution < -0.4 is 11.1 Å². The monoisotopic (exact) mass is 225 g/mol. The Kier molecular flexibility index (Phi) is 4.22. The van der Waals surface area contributed by atoms with Crippen molar-refractivity contribution in [2.24, 2.45) is 5.92 Å². The summed E-state index contributed by atoms with van der Waals surface area (Å²) in [7, 11) is 0. The number of nitrogen functional groups attached to an aromatic ring is 1. The van der Waals surface area contributed by atoms with Gasteiger partial charge in [-0.3, -0.25) is 4.79 Å². The molecule has 0 bridgehead atoms. The Hall–Kier alpha value is -1.65. The van der Waals surface area contributed by atoms with E-state index >= 15 is 0 Å². The smallest absolute Gasteiger partial charge is 0.254 e. The summed E-state index contributed by atoms with van der Waals surface area (Å²) in [5.41, 5.74) is 5.21. The quantitative estimate of drug-likeness (QED) is 0.817. The first kappa shape index (κ1) is 12.4. The highest BCUT2D eigenvalue weighted by atomic mass is 19.1. The van der Waals surface area contributed by atoms with Gasteiger partial charge in [0.25, 0.3) is 5.91 Å². The molecule has 16 heavy (non-hydrogen) atoms. The Labute approximate surface area is 94.1 Å². The lowest BCUT2D eigenvalue weighted by Crippen LogP contribution is -2.26. The first-order valence-corrected chi connectivity index (χ1v) is 5.20. The Balaban J connectivity index is 2.63. The van der Waals surface area contributed by atoms with E-state index in [4.69, 9.17) is 5.73 Å². The van der Waals surface area contributed by atoms with Crippen LogP contribution in [-0.2, 0) is 0 Å². The summed E-state index contributed by atoms with van der Waals surface area (Å²) in [6, 6.07) is 1.32. The van der Waals surface area contributed by atoms with Crippen molar-refractivity contribution in [1.29, 1.82) is 0 Å². The van der Waals surface area contributed by atoms with E-state index in [9.17, 15) is 9.18 Å². The molecular weight excluding hydrogens is 209 g/mol. The van der Waals surface area contributed by atoms with E-state index < -0.39 is 11.7 Å². The minimum atomic E-state index is -0.760. The van der Waals surface area contributed by atoms with Gasteiger partial charge in [-0.25, -0.2) is 9.37 Å². The summed E-state index contributed by atoms with van der Waals surface area (Å²) in [6.45, 7) is 4.63. The fourth-order valence-corrected chi connectivity index (χ4v) is 1.20. The number of hydrogen-bond acceptors (Lipinski definition) is 3. The van der Waals surface area contributed by atoms with Gasteiger partial charge in [-0.15, -0.1) is 0 Å². The molecule has 4 nitrogen and oxygen atoms in total. The predicted molar refractivity (Wildman–Crippen MR) is 60.4 cm³/mol. The first-order valence-electron chi connectivity index (χ1n) is 5.20. The molecule has 1 aromatic rings. The lowest BCUT2D eigenvalue weighted by atomic mass is 10.1. The molecule has 1 aromatic heterocycles. The van der Waals surface area contributed by atoms with E-state index in [0.29, 0.717) is 12.5 Å². The fraction of sp³-hybridized carbons (Fsp3) is 0.455. The molecule has 0 fully saturated rings. The average Bonchev–Trinajstić information content (AvgIpc) is 2.21. The molecule has 0 radical (unpaired) electrons. The molecule has 0 saturated heterocycles. The number of nitrogens with one attached hydrogen (secondary N) is 1. The maximum Gasteiger partial charge on any atom is 0.254 e. The predicted octanol–water partition coefficient (Wildman–Crippen LogP) is 1.58. The highest BCUT2D eigenvalue weighted by Gasteiger charge is 2.13. The van der Waals surface area contributed by atoms with Crippen LogP contribution in [0.15, 0.2) is 12.3 Å². The molecule has 1 amide bonds. The van der Waals surface area contributed by atoms with Crippen molar-refractivity contribution >= 4 is 11.7 Å². The molecule has 0 aliphatic carbocycles. The van der Waals surface area contributed by atoms with Crippen molar-refractivity contribution < 1.29 is 9.18 Å². The lowest BCUT2D eigenvalue weighted by molar-refractivity contribution is 0.0948. The molecular formula is C11H16FN3O. The third-order valence-electron chi connectivity index (χ3n) is 2.17. The summed E-state index contributed by atoms with van der Waals surface area (Å²) in [4.78, 5) is 15.1. The number of amides is 1. The number of pyridine rings is 1. The summed E-state index contributed by atoms with van der Waals surface area (Å²) in [5.74, 6) is -0.971. The average molecular weight is 225 g/mol. The molecule has 1 heterocycles. The second-order valence-corrected chi connectivity index (χ2v) is 4.00. The van der Waals surface area contributed by atoms with Crippen LogP contribution in [0.2, 0.25) is 0 Å². The molecule has 0 aliphatic heterocycles. The topological polar surface area (TPSA) is 68.0 Å². The van der Waals surface area contributed by atoms with Gasteiger partial charge >= 0.3 is 0 Å². The molecule has 0 atom stereocenters. The fourth-order valence-electron chi connectivity index (χ4n) is 1.20. The van der Waals surface area contributed by atoms with Crippen LogP contribution in [0.5, 0.6) is 0 Å². The van der Waals surface area contributed by atoms with Crippen LogP contribution in [0.1, 0.15) is 30.6 Å². The zero-order chi connectivity index (χ0) is 12.1. The Morgan fingerprint density at radius 2 is 2.31 bits per heavy atom. The Bertz CT molecular complexity index is 379. The van der Waals surface area contributed by atoms with Crippen molar-refractivity contribution in [2.45, 2.75) is 20.3 Å². The molecule has 0 spiro atoms. The molecule has 3 N–H and O–H groups in total. The standard InChI is InChI=1S/C11H16FN3O/c1-7(2)3-5-15-11(16)8-4-6-14-10(13)9(8)12/h4,6-7H,3,5H2,1-2H3,(H2,13,14)(H,15,16). The number of aromatic nitrogens is 1. The van der Waals surface area contributed by atoms with Gasteiger partial charge in [0.2, 0.25) is 0 Å². The number of anilines is 1. The van der Waals surface area contributed by atoms with Gasteiger partial charge in [-0.1, -0.05) is 13.8 Å². The van der Waals surface area contributed by atoms with Crippen molar-refractivity contribution in [3.63, 3.8) is 0 Å². The van der Waals surface area contributed by atoms with Gasteiger partial charge in [0.15, 0.2) is 11.6 Å². The van der Waals surface area contributed by atoms with Crippen LogP contribution >= 0.6 is 0 Å². The largest absolute Gasteiger partial charge is 0.381 e. The summed E-state index contributed by atoms with van der Waals surface area (Å²) in [5, 5.41) is 2.64. The van der Waals surface area contributed by atoms with E-state index in [1.54, 1.807) is 0 Å². The summed E-state index contributed by atoms with van der Waals surface area (Å²) < 4.78 is 13.4. The van der Waals surface area contributed by atoms with Crippen molar-refractivity contribution in [2.75, 3.05) is 12.3 Å². The number of halogens is 1. The summed E-state index contributed by atoms with van der Waals surface area (Å²) in [6.07, 6.45) is 2.17. The van der Waals surface area contributed by atoms with Gasteiger partial charge in [0.1, 0.15) is 0 Å². The minimum absolute atomic E-state index is 0.0590. The van der Waals surface area contributed by atoms with Gasteiger partial charge in [0, 0.05) is 12.7 Å². The molecule has 1 rings (SSSR count). The normalized spacial score (nSPS) is 10.5. The second kappa shape index (κ2) is 5.44. The highest BCUT2D eigenvalue weighted by Crippen LogP contribution is 2.11. The van der Waals surface area contributed by atoms with Gasteiger partial charge in [-0.2, -0.15) is 0 Å². The summed E-state index contributed by atoms with van der Waals surface area (Å²) >= 11 is 0. The van der Waals surface area contributed by atoms with E-state index in [2.05, 4.69) is 24.1 Å². The van der Waals surface area contributed by atoms with Crippen LogP contribution in [0.4, 0.5) is 10.2 Å². The maximum absolute atomic E-state index is 13.4. The van der Waals surface area contributed by atoms with Crippen LogP contribution in [-0.4, -0.2) is 17.4 Å². The first-order chi connectivity index (χ1) is 7.52. The molecule has 0 aromatic carbocycles. The molecule has 88 valence electrons. The molecule has 0 aliphatic rings. The number of carbonyl (C=O) groups excluding carboxylic acids is 1. The van der Waals surface area contributed by atoms with Gasteiger partial charge in [0.05, 0.1) is 5.56 Å². The molecule has 0 saturated carbocycles. The van der Waals surface area contributed by atoms with E-state index in [1.807, 2.05) is 0 Å². The number of hydrogen-bond donors (Lipinski definition) is 2. The molecule has 5 heteroatoms. The Morgan fingerprint density at radius 1 is 1.62 bits per heavy atom. The van der Waals surface area contributed by atoms with E-state index in [-0.39, 0.29) is 11.4 Å². The van der Waals surface area contributed by atoms with E-state index in [0.717, 1.165) is 6.42 Å². The SMILES string of the molecule is CC(C)CCNC(=O)c1ccnc(N)c1F. The maximum atomic E-state index is 13.4. The zero-order valence-corrected chi connectivity index (χ0v) is 9.46. The number of carbonyl (C=O) groups is 1. The van der Waals surface area contributed by atoms with Gasteiger partial charge < -0.3 is 11.1 Å². The van der Waals surface area contributed by atoms with Crippen LogP contribution in [0, 0.1) is 11.7 Å². The Morgan fingerprint density at radius 3 is 2.94 bits per heavy atom. The second-order valence-electron chi connectivity index (χ2n) is 4.00. The zero-order valence-electron chi connectivity index (χ0n) is 9.46. The highest BCUT2D eigenvalue weighted by molar-refractivity contribution is 5.95. The van der Waals surface area contributed by atoms with Crippen molar-refractivity contribution in [3.8, 4) is 0 Å². The van der Waals surface area contributed by atoms with Crippen molar-refractivity contribution in [3.05, 3.63) is 23.6 Å². The minimum Gasteiger partial charge on any atom is -0.381 e.